The van der Waals surface area contributed by atoms with E-state index in [1.807, 2.05) is 13.0 Å². The van der Waals surface area contributed by atoms with Crippen LogP contribution in [0.15, 0.2) is 22.7 Å². The van der Waals surface area contributed by atoms with Gasteiger partial charge in [-0.25, -0.2) is 5.84 Å². The summed E-state index contributed by atoms with van der Waals surface area (Å²) in [4.78, 5) is 22.0. The third-order valence-corrected chi connectivity index (χ3v) is 2.27. The quantitative estimate of drug-likeness (QED) is 0.304. The maximum absolute atomic E-state index is 11.2. The lowest BCUT2D eigenvalue weighted by atomic mass is 10.2. The first-order valence-corrected chi connectivity index (χ1v) is 4.92. The summed E-state index contributed by atoms with van der Waals surface area (Å²) in [6.45, 7) is 1.82. The molecule has 0 saturated heterocycles. The molecule has 1 aromatic rings. The van der Waals surface area contributed by atoms with Crippen LogP contribution in [0, 0.1) is 6.92 Å². The second-order valence-electron chi connectivity index (χ2n) is 2.89. The summed E-state index contributed by atoms with van der Waals surface area (Å²) in [5.41, 5.74) is 3.18. The number of carbonyl (C=O) groups is 2. The van der Waals surface area contributed by atoms with Crippen LogP contribution >= 0.6 is 15.9 Å². The first-order valence-electron chi connectivity index (χ1n) is 4.12. The van der Waals surface area contributed by atoms with Gasteiger partial charge < -0.3 is 5.32 Å². The van der Waals surface area contributed by atoms with E-state index in [0.717, 1.165) is 10.0 Å². The van der Waals surface area contributed by atoms with Crippen LogP contribution in [0.3, 0.4) is 0 Å². The van der Waals surface area contributed by atoms with E-state index in [2.05, 4.69) is 21.2 Å². The second-order valence-corrected chi connectivity index (χ2v) is 3.80. The van der Waals surface area contributed by atoms with E-state index in [1.165, 1.54) is 0 Å². The highest BCUT2D eigenvalue weighted by Crippen LogP contribution is 2.19. The van der Waals surface area contributed by atoms with Gasteiger partial charge >= 0.3 is 11.8 Å². The van der Waals surface area contributed by atoms with Gasteiger partial charge in [-0.2, -0.15) is 0 Å². The van der Waals surface area contributed by atoms with E-state index in [4.69, 9.17) is 5.84 Å². The number of hydrogen-bond donors (Lipinski definition) is 3. The van der Waals surface area contributed by atoms with Crippen molar-refractivity contribution in [2.45, 2.75) is 6.92 Å². The molecule has 0 aliphatic carbocycles. The van der Waals surface area contributed by atoms with Gasteiger partial charge in [-0.3, -0.25) is 15.0 Å². The first-order chi connectivity index (χ1) is 7.04. The van der Waals surface area contributed by atoms with Crippen molar-refractivity contribution in [3.8, 4) is 0 Å². The van der Waals surface area contributed by atoms with Crippen molar-refractivity contribution in [3.63, 3.8) is 0 Å². The Bertz CT molecular complexity index is 406. The smallest absolute Gasteiger partial charge is 0.317 e. The predicted octanol–water partition coefficient (Wildman–Crippen LogP) is 0.686. The molecule has 0 heterocycles. The Morgan fingerprint density at radius 3 is 2.53 bits per heavy atom. The lowest BCUT2D eigenvalue weighted by molar-refractivity contribution is -0.136. The summed E-state index contributed by atoms with van der Waals surface area (Å²) in [6, 6.07) is 5.29. The summed E-state index contributed by atoms with van der Waals surface area (Å²) in [7, 11) is 0. The van der Waals surface area contributed by atoms with Gasteiger partial charge in [0.25, 0.3) is 0 Å². The number of carbonyl (C=O) groups excluding carboxylic acids is 2. The highest BCUT2D eigenvalue weighted by atomic mass is 79.9. The van der Waals surface area contributed by atoms with Gasteiger partial charge in [-0.1, -0.05) is 15.9 Å². The average molecular weight is 272 g/mol. The lowest BCUT2D eigenvalue weighted by Gasteiger charge is -2.07. The van der Waals surface area contributed by atoms with E-state index in [1.54, 1.807) is 17.6 Å². The molecule has 0 bridgehead atoms. The zero-order chi connectivity index (χ0) is 11.4. The molecular weight excluding hydrogens is 262 g/mol. The van der Waals surface area contributed by atoms with Crippen LogP contribution in [0.4, 0.5) is 5.69 Å². The van der Waals surface area contributed by atoms with Gasteiger partial charge in [0, 0.05) is 10.2 Å². The van der Waals surface area contributed by atoms with Crippen LogP contribution < -0.4 is 16.6 Å². The fourth-order valence-electron chi connectivity index (χ4n) is 1.01. The molecule has 0 aliphatic rings. The zero-order valence-electron chi connectivity index (χ0n) is 8.00. The van der Waals surface area contributed by atoms with Gasteiger partial charge in [0.2, 0.25) is 0 Å². The summed E-state index contributed by atoms with van der Waals surface area (Å²) >= 11 is 3.29. The van der Waals surface area contributed by atoms with Gasteiger partial charge in [0.1, 0.15) is 0 Å². The Morgan fingerprint density at radius 1 is 1.33 bits per heavy atom. The molecular formula is C9H10BrN3O2. The molecule has 80 valence electrons. The third kappa shape index (κ3) is 3.03. The van der Waals surface area contributed by atoms with Crippen LogP contribution in [-0.4, -0.2) is 11.8 Å². The number of nitrogens with two attached hydrogens (primary N) is 1. The van der Waals surface area contributed by atoms with Gasteiger partial charge in [-0.05, 0) is 30.7 Å². The molecule has 15 heavy (non-hydrogen) atoms. The molecule has 5 nitrogen and oxygen atoms in total. The highest BCUT2D eigenvalue weighted by Gasteiger charge is 2.12. The Balaban J connectivity index is 2.81. The largest absolute Gasteiger partial charge is 0.323 e. The zero-order valence-corrected chi connectivity index (χ0v) is 9.59. The number of benzene rings is 1. The molecule has 0 aliphatic heterocycles. The maximum atomic E-state index is 11.2. The van der Waals surface area contributed by atoms with Gasteiger partial charge in [0.05, 0.1) is 0 Å². The number of nitrogens with one attached hydrogen (secondary N) is 2. The topological polar surface area (TPSA) is 84.2 Å². The fraction of sp³-hybridized carbons (Fsp3) is 0.111. The Hall–Kier alpha value is -1.40. The van der Waals surface area contributed by atoms with Crippen LogP contribution in [0.5, 0.6) is 0 Å². The normalized spacial score (nSPS) is 9.53. The van der Waals surface area contributed by atoms with Crippen LogP contribution in [0.2, 0.25) is 0 Å². The first kappa shape index (κ1) is 11.7. The minimum absolute atomic E-state index is 0.576. The Labute approximate surface area is 95.1 Å². The summed E-state index contributed by atoms with van der Waals surface area (Å²) in [5, 5.41) is 2.44. The van der Waals surface area contributed by atoms with Crippen LogP contribution in [-0.2, 0) is 9.59 Å². The molecule has 1 rings (SSSR count). The molecule has 1 aromatic carbocycles. The molecule has 0 aromatic heterocycles. The summed E-state index contributed by atoms with van der Waals surface area (Å²) in [5.74, 6) is 3.15. The van der Waals surface area contributed by atoms with Crippen molar-refractivity contribution in [2.75, 3.05) is 5.32 Å². The molecule has 0 unspecified atom stereocenters. The van der Waals surface area contributed by atoms with Crippen LogP contribution in [0.25, 0.3) is 0 Å². The number of aryl methyl sites for hydroxylation is 1. The minimum Gasteiger partial charge on any atom is -0.317 e. The van der Waals surface area contributed by atoms with Crippen molar-refractivity contribution in [3.05, 3.63) is 28.2 Å². The van der Waals surface area contributed by atoms with E-state index in [0.29, 0.717) is 5.69 Å². The maximum Gasteiger partial charge on any atom is 0.323 e. The van der Waals surface area contributed by atoms with Crippen molar-refractivity contribution in [1.29, 1.82) is 0 Å². The number of amides is 2. The highest BCUT2D eigenvalue weighted by molar-refractivity contribution is 9.10. The van der Waals surface area contributed by atoms with Gasteiger partial charge in [0.15, 0.2) is 0 Å². The Kier molecular flexibility index (Phi) is 3.81. The number of hydrogen-bond acceptors (Lipinski definition) is 3. The van der Waals surface area contributed by atoms with Crippen molar-refractivity contribution < 1.29 is 9.59 Å². The molecule has 4 N–H and O–H groups in total. The van der Waals surface area contributed by atoms with E-state index >= 15 is 0 Å². The molecule has 0 spiro atoms. The summed E-state index contributed by atoms with van der Waals surface area (Å²) < 4.78 is 0.904. The number of halogens is 1. The monoisotopic (exact) mass is 271 g/mol. The number of hydrazine groups is 1. The Morgan fingerprint density at radius 2 is 2.00 bits per heavy atom. The molecule has 2 amide bonds. The fourth-order valence-corrected chi connectivity index (χ4v) is 1.49. The van der Waals surface area contributed by atoms with Gasteiger partial charge in [-0.15, -0.1) is 0 Å². The van der Waals surface area contributed by atoms with Crippen molar-refractivity contribution in [2.24, 2.45) is 5.84 Å². The molecule has 0 saturated carbocycles. The van der Waals surface area contributed by atoms with Crippen molar-refractivity contribution >= 4 is 33.4 Å². The number of anilines is 1. The number of rotatable bonds is 1. The SMILES string of the molecule is Cc1cc(Br)ccc1NC(=O)C(=O)NN. The minimum atomic E-state index is -0.877. The predicted molar refractivity (Wildman–Crippen MR) is 59.8 cm³/mol. The van der Waals surface area contributed by atoms with E-state index in [9.17, 15) is 9.59 Å². The van der Waals surface area contributed by atoms with E-state index in [-0.39, 0.29) is 0 Å². The molecule has 0 fully saturated rings. The third-order valence-electron chi connectivity index (χ3n) is 1.77. The second kappa shape index (κ2) is 4.90. The molecule has 0 atom stereocenters. The molecule has 0 radical (unpaired) electrons. The molecule has 6 heteroatoms. The summed E-state index contributed by atoms with van der Waals surface area (Å²) in [6.07, 6.45) is 0. The standard InChI is InChI=1S/C9H10BrN3O2/c1-5-4-6(10)2-3-7(5)12-8(14)9(15)13-11/h2-4H,11H2,1H3,(H,12,14)(H,13,15). The lowest BCUT2D eigenvalue weighted by Crippen LogP contribution is -2.39. The van der Waals surface area contributed by atoms with Crippen LogP contribution in [0.1, 0.15) is 5.56 Å². The van der Waals surface area contributed by atoms with Crippen molar-refractivity contribution in [1.82, 2.24) is 5.43 Å². The van der Waals surface area contributed by atoms with E-state index < -0.39 is 11.8 Å². The average Bonchev–Trinajstić information content (AvgIpc) is 2.20.